The molecule has 2 heterocycles. The van der Waals surface area contributed by atoms with Crippen LogP contribution < -0.4 is 4.74 Å². The molecule has 6 nitrogen and oxygen atoms in total. The maximum Gasteiger partial charge on any atom is 0.213 e. The average molecular weight is 191 g/mol. The zero-order valence-corrected chi connectivity index (χ0v) is 7.64. The van der Waals surface area contributed by atoms with E-state index in [-0.39, 0.29) is 0 Å². The van der Waals surface area contributed by atoms with Crippen molar-refractivity contribution in [1.29, 1.82) is 0 Å². The van der Waals surface area contributed by atoms with Gasteiger partial charge < -0.3 is 4.74 Å². The third kappa shape index (κ3) is 1.85. The quantitative estimate of drug-likeness (QED) is 0.749. The number of pyridine rings is 1. The molecule has 72 valence electrons. The number of ether oxygens (including phenoxy) is 1. The topological polar surface area (TPSA) is 76.6 Å². The highest BCUT2D eigenvalue weighted by Crippen LogP contribution is 2.08. The van der Waals surface area contributed by atoms with Crippen LogP contribution in [0.2, 0.25) is 0 Å². The van der Waals surface area contributed by atoms with Crippen molar-refractivity contribution in [2.24, 2.45) is 0 Å². The molecule has 0 aliphatic carbocycles. The summed E-state index contributed by atoms with van der Waals surface area (Å²) in [6.07, 6.45) is 0.549. The Morgan fingerprint density at radius 1 is 1.43 bits per heavy atom. The zero-order chi connectivity index (χ0) is 9.80. The molecule has 1 N–H and O–H groups in total. The molecule has 0 aromatic carbocycles. The van der Waals surface area contributed by atoms with E-state index in [4.69, 9.17) is 4.74 Å². The highest BCUT2D eigenvalue weighted by Gasteiger charge is 2.02. The second-order valence-electron chi connectivity index (χ2n) is 2.68. The molecule has 2 rings (SSSR count). The van der Waals surface area contributed by atoms with Crippen molar-refractivity contribution in [3.8, 4) is 5.88 Å². The molecule has 14 heavy (non-hydrogen) atoms. The van der Waals surface area contributed by atoms with Crippen LogP contribution in [0.5, 0.6) is 5.88 Å². The van der Waals surface area contributed by atoms with Gasteiger partial charge in [-0.15, -0.1) is 10.2 Å². The van der Waals surface area contributed by atoms with Gasteiger partial charge in [0.25, 0.3) is 0 Å². The van der Waals surface area contributed by atoms with E-state index in [9.17, 15) is 0 Å². The van der Waals surface area contributed by atoms with E-state index >= 15 is 0 Å². The van der Waals surface area contributed by atoms with Gasteiger partial charge in [-0.2, -0.15) is 5.21 Å². The van der Waals surface area contributed by atoms with Gasteiger partial charge in [-0.3, -0.25) is 0 Å². The summed E-state index contributed by atoms with van der Waals surface area (Å²) in [6, 6.07) is 5.56. The summed E-state index contributed by atoms with van der Waals surface area (Å²) in [5.41, 5.74) is 0.853. The first-order valence-corrected chi connectivity index (χ1v) is 4.11. The minimum atomic E-state index is 0.549. The molecular weight excluding hydrogens is 182 g/mol. The third-order valence-corrected chi connectivity index (χ3v) is 1.72. The SMILES string of the molecule is COc1cccc(Cc2nn[nH]n2)n1. The Hall–Kier alpha value is -1.98. The molecule has 6 heteroatoms. The van der Waals surface area contributed by atoms with Gasteiger partial charge in [0.2, 0.25) is 5.88 Å². The van der Waals surface area contributed by atoms with E-state index in [1.54, 1.807) is 13.2 Å². The molecule has 0 amide bonds. The molecule has 0 unspecified atom stereocenters. The van der Waals surface area contributed by atoms with Gasteiger partial charge in [-0.05, 0) is 6.07 Å². The number of rotatable bonds is 3. The largest absolute Gasteiger partial charge is 0.481 e. The van der Waals surface area contributed by atoms with Gasteiger partial charge in [0, 0.05) is 6.07 Å². The van der Waals surface area contributed by atoms with Crippen molar-refractivity contribution >= 4 is 0 Å². The van der Waals surface area contributed by atoms with Crippen LogP contribution in [0.25, 0.3) is 0 Å². The molecular formula is C8H9N5O. The van der Waals surface area contributed by atoms with Crippen molar-refractivity contribution in [1.82, 2.24) is 25.6 Å². The second-order valence-corrected chi connectivity index (χ2v) is 2.68. The Bertz CT molecular complexity index is 400. The van der Waals surface area contributed by atoms with Crippen LogP contribution >= 0.6 is 0 Å². The maximum absolute atomic E-state index is 5.00. The van der Waals surface area contributed by atoms with Crippen LogP contribution in [0.15, 0.2) is 18.2 Å². The van der Waals surface area contributed by atoms with Gasteiger partial charge in [0.15, 0.2) is 5.82 Å². The average Bonchev–Trinajstić information content (AvgIpc) is 2.71. The predicted molar refractivity (Wildman–Crippen MR) is 47.8 cm³/mol. The molecule has 2 aromatic rings. The van der Waals surface area contributed by atoms with Crippen LogP contribution in [-0.2, 0) is 6.42 Å². The highest BCUT2D eigenvalue weighted by atomic mass is 16.5. The van der Waals surface area contributed by atoms with Gasteiger partial charge >= 0.3 is 0 Å². The summed E-state index contributed by atoms with van der Waals surface area (Å²) in [7, 11) is 1.58. The van der Waals surface area contributed by atoms with E-state index < -0.39 is 0 Å². The number of nitrogens with zero attached hydrogens (tertiary/aromatic N) is 4. The van der Waals surface area contributed by atoms with Gasteiger partial charge in [0.05, 0.1) is 19.2 Å². The first-order valence-electron chi connectivity index (χ1n) is 4.11. The minimum absolute atomic E-state index is 0.549. The number of nitrogens with one attached hydrogen (secondary N) is 1. The number of hydrogen-bond donors (Lipinski definition) is 1. The lowest BCUT2D eigenvalue weighted by Gasteiger charge is -2.00. The molecule has 0 bridgehead atoms. The highest BCUT2D eigenvalue weighted by molar-refractivity contribution is 5.17. The number of aromatic nitrogens is 5. The molecule has 2 aromatic heterocycles. The Balaban J connectivity index is 2.17. The second kappa shape index (κ2) is 3.82. The van der Waals surface area contributed by atoms with E-state index in [2.05, 4.69) is 25.6 Å². The van der Waals surface area contributed by atoms with E-state index in [0.29, 0.717) is 18.1 Å². The number of H-pyrrole nitrogens is 1. The summed E-state index contributed by atoms with van der Waals surface area (Å²) >= 11 is 0. The maximum atomic E-state index is 5.00. The first kappa shape index (κ1) is 8.61. The van der Waals surface area contributed by atoms with Gasteiger partial charge in [0.1, 0.15) is 0 Å². The lowest BCUT2D eigenvalue weighted by atomic mass is 10.2. The summed E-state index contributed by atoms with van der Waals surface area (Å²) in [4.78, 5) is 4.22. The van der Waals surface area contributed by atoms with Crippen LogP contribution in [0.4, 0.5) is 0 Å². The Morgan fingerprint density at radius 2 is 2.36 bits per heavy atom. The van der Waals surface area contributed by atoms with Crippen molar-refractivity contribution < 1.29 is 4.74 Å². The smallest absolute Gasteiger partial charge is 0.213 e. The fourth-order valence-electron chi connectivity index (χ4n) is 1.09. The van der Waals surface area contributed by atoms with Crippen LogP contribution in [0.3, 0.4) is 0 Å². The van der Waals surface area contributed by atoms with E-state index in [1.807, 2.05) is 12.1 Å². The molecule has 0 spiro atoms. The number of methoxy groups -OCH3 is 1. The number of aromatic amines is 1. The van der Waals surface area contributed by atoms with Crippen molar-refractivity contribution in [3.05, 3.63) is 29.7 Å². The van der Waals surface area contributed by atoms with E-state index in [1.165, 1.54) is 0 Å². The first-order chi connectivity index (χ1) is 6.88. The van der Waals surface area contributed by atoms with Gasteiger partial charge in [-0.1, -0.05) is 11.3 Å². The molecule has 0 saturated heterocycles. The van der Waals surface area contributed by atoms with Crippen LogP contribution in [0, 0.1) is 0 Å². The van der Waals surface area contributed by atoms with Gasteiger partial charge in [-0.25, -0.2) is 4.98 Å². The molecule has 0 saturated carbocycles. The standard InChI is InChI=1S/C8H9N5O/c1-14-8-4-2-3-6(9-8)5-7-10-12-13-11-7/h2-4H,5H2,1H3,(H,10,11,12,13). The van der Waals surface area contributed by atoms with Crippen molar-refractivity contribution in [2.75, 3.05) is 7.11 Å². The lowest BCUT2D eigenvalue weighted by molar-refractivity contribution is 0.396. The normalized spacial score (nSPS) is 10.1. The van der Waals surface area contributed by atoms with Crippen molar-refractivity contribution in [3.63, 3.8) is 0 Å². The van der Waals surface area contributed by atoms with Crippen molar-refractivity contribution in [2.45, 2.75) is 6.42 Å². The fourth-order valence-corrected chi connectivity index (χ4v) is 1.09. The fraction of sp³-hybridized carbons (Fsp3) is 0.250. The molecule has 0 aliphatic rings. The third-order valence-electron chi connectivity index (χ3n) is 1.72. The monoisotopic (exact) mass is 191 g/mol. The lowest BCUT2D eigenvalue weighted by Crippen LogP contribution is -1.96. The number of hydrogen-bond acceptors (Lipinski definition) is 5. The summed E-state index contributed by atoms with van der Waals surface area (Å²) in [5, 5.41) is 13.5. The van der Waals surface area contributed by atoms with Crippen LogP contribution in [0.1, 0.15) is 11.5 Å². The molecule has 0 fully saturated rings. The molecule has 0 radical (unpaired) electrons. The predicted octanol–water partition coefficient (Wildman–Crippen LogP) is 0.194. The summed E-state index contributed by atoms with van der Waals surface area (Å²) < 4.78 is 5.00. The number of tetrazole rings is 1. The molecule has 0 atom stereocenters. The summed E-state index contributed by atoms with van der Waals surface area (Å²) in [5.74, 6) is 1.21. The Labute approximate surface area is 80.3 Å². The Kier molecular flexibility index (Phi) is 2.35. The molecule has 0 aliphatic heterocycles. The van der Waals surface area contributed by atoms with E-state index in [0.717, 1.165) is 5.69 Å². The summed E-state index contributed by atoms with van der Waals surface area (Å²) in [6.45, 7) is 0. The minimum Gasteiger partial charge on any atom is -0.481 e. The van der Waals surface area contributed by atoms with Crippen LogP contribution in [-0.4, -0.2) is 32.7 Å². The zero-order valence-electron chi connectivity index (χ0n) is 7.64. The Morgan fingerprint density at radius 3 is 3.07 bits per heavy atom.